The maximum Gasteiger partial charge on any atom is 0.414 e. The van der Waals surface area contributed by atoms with E-state index in [1.54, 1.807) is 13.3 Å². The van der Waals surface area contributed by atoms with E-state index in [1.165, 1.54) is 11.9 Å². The fourth-order valence-corrected chi connectivity index (χ4v) is 3.53. The van der Waals surface area contributed by atoms with E-state index in [9.17, 15) is 9.59 Å². The number of amidine groups is 1. The van der Waals surface area contributed by atoms with Crippen molar-refractivity contribution in [3.05, 3.63) is 71.3 Å². The van der Waals surface area contributed by atoms with Gasteiger partial charge in [0.2, 0.25) is 11.9 Å². The van der Waals surface area contributed by atoms with Gasteiger partial charge < -0.3 is 0 Å². The minimum absolute atomic E-state index is 0.311. The Balaban J connectivity index is 1.70. The largest absolute Gasteiger partial charge is 0.414 e. The van der Waals surface area contributed by atoms with Crippen LogP contribution >= 0.6 is 0 Å². The van der Waals surface area contributed by atoms with Gasteiger partial charge in [-0.25, -0.2) is 9.37 Å². The van der Waals surface area contributed by atoms with Crippen molar-refractivity contribution in [2.45, 2.75) is 19.5 Å². The van der Waals surface area contributed by atoms with Gasteiger partial charge >= 0.3 is 12.0 Å². The minimum atomic E-state index is -0.688. The molecule has 2 aromatic rings. The van der Waals surface area contributed by atoms with Gasteiger partial charge in [-0.05, 0) is 23.6 Å². The van der Waals surface area contributed by atoms with Crippen molar-refractivity contribution in [3.63, 3.8) is 0 Å². The summed E-state index contributed by atoms with van der Waals surface area (Å²) in [6, 6.07) is 16.6. The number of rotatable bonds is 4. The Morgan fingerprint density at radius 2 is 1.77 bits per heavy atom. The highest BCUT2D eigenvalue weighted by Crippen LogP contribution is 2.21. The molecule has 0 spiro atoms. The van der Waals surface area contributed by atoms with Gasteiger partial charge in [0.05, 0.1) is 12.8 Å². The lowest BCUT2D eigenvalue weighted by molar-refractivity contribution is -0.553. The molecule has 0 bridgehead atoms. The quantitative estimate of drug-likeness (QED) is 0.480. The Morgan fingerprint density at radius 3 is 2.50 bits per heavy atom. The number of hydrogen-bond acceptors (Lipinski definition) is 5. The van der Waals surface area contributed by atoms with E-state index in [1.807, 2.05) is 66.1 Å². The number of nitrogens with zero attached hydrogens (tertiary/aromatic N) is 5. The third-order valence-electron chi connectivity index (χ3n) is 5.31. The molecular weight excluding hydrogens is 380 g/mol. The zero-order valence-electron chi connectivity index (χ0n) is 17.1. The number of aryl methyl sites for hydroxylation is 1. The van der Waals surface area contributed by atoms with Crippen LogP contribution in [0.15, 0.2) is 64.7 Å². The zero-order chi connectivity index (χ0) is 21.3. The summed E-state index contributed by atoms with van der Waals surface area (Å²) < 4.78 is 1.85. The molecule has 0 aromatic heterocycles. The first-order valence-electron chi connectivity index (χ1n) is 9.63. The number of aliphatic imine (C=N–C) groups is 1. The van der Waals surface area contributed by atoms with Gasteiger partial charge in [0.15, 0.2) is 0 Å². The fourth-order valence-electron chi connectivity index (χ4n) is 3.53. The summed E-state index contributed by atoms with van der Waals surface area (Å²) in [4.78, 5) is 32.4. The fraction of sp³-hybridized carbons (Fsp3) is 0.227. The van der Waals surface area contributed by atoms with Crippen molar-refractivity contribution in [2.75, 3.05) is 14.1 Å². The van der Waals surface area contributed by atoms with E-state index in [2.05, 4.69) is 15.5 Å². The van der Waals surface area contributed by atoms with Crippen LogP contribution in [-0.2, 0) is 11.3 Å². The second-order valence-corrected chi connectivity index (χ2v) is 7.27. The van der Waals surface area contributed by atoms with Gasteiger partial charge in [-0.2, -0.15) is 5.43 Å². The average Bonchev–Trinajstić information content (AvgIpc) is 3.11. The van der Waals surface area contributed by atoms with Crippen LogP contribution in [0.1, 0.15) is 16.7 Å². The molecule has 152 valence electrons. The Bertz CT molecular complexity index is 1090. The molecule has 1 saturated heterocycles. The van der Waals surface area contributed by atoms with Crippen molar-refractivity contribution >= 4 is 29.9 Å². The number of carbonyl (C=O) groups excluding carboxylic acids is 2. The standard InChI is InChI=1S/C22H22N6O2/c1-15-9-7-8-12-17(15)14-28-18-19(26(2)22(30)27(3)20(18)29)24-21(28)25-23-13-16-10-5-4-6-11-16/h4-13,18H,14H2,1-3H3/p+1/b23-13+. The number of carbonyl (C=O) groups is 2. The molecule has 1 fully saturated rings. The molecule has 0 saturated carbocycles. The zero-order valence-corrected chi connectivity index (χ0v) is 17.1. The molecule has 1 N–H and O–H groups in total. The lowest BCUT2D eigenvalue weighted by Crippen LogP contribution is -2.61. The molecular formula is C22H23N6O2+. The van der Waals surface area contributed by atoms with Crippen LogP contribution in [0, 0.1) is 6.92 Å². The first-order chi connectivity index (χ1) is 14.5. The van der Waals surface area contributed by atoms with Crippen LogP contribution in [-0.4, -0.2) is 64.5 Å². The number of fused-ring (bicyclic) bond motifs is 1. The number of hydrazone groups is 1. The molecule has 8 nitrogen and oxygen atoms in total. The van der Waals surface area contributed by atoms with Crippen LogP contribution in [0.25, 0.3) is 0 Å². The van der Waals surface area contributed by atoms with Gasteiger partial charge in [-0.15, -0.1) is 5.10 Å². The maximum atomic E-state index is 13.0. The summed E-state index contributed by atoms with van der Waals surface area (Å²) in [5.41, 5.74) is 6.07. The van der Waals surface area contributed by atoms with Crippen molar-refractivity contribution < 1.29 is 14.2 Å². The number of amides is 3. The number of benzene rings is 2. The number of likely N-dealkylation sites (N-methyl/N-ethyl adjacent to an activating group) is 2. The lowest BCUT2D eigenvalue weighted by atomic mass is 10.1. The highest BCUT2D eigenvalue weighted by molar-refractivity contribution is 6.22. The van der Waals surface area contributed by atoms with Crippen LogP contribution in [0.5, 0.6) is 0 Å². The van der Waals surface area contributed by atoms with Gasteiger partial charge in [-0.1, -0.05) is 59.6 Å². The average molecular weight is 403 g/mol. The molecule has 3 amide bonds. The van der Waals surface area contributed by atoms with Crippen LogP contribution in [0.2, 0.25) is 0 Å². The predicted octanol–water partition coefficient (Wildman–Crippen LogP) is 1.79. The van der Waals surface area contributed by atoms with Crippen molar-refractivity contribution in [3.8, 4) is 0 Å². The highest BCUT2D eigenvalue weighted by atomic mass is 16.2. The maximum absolute atomic E-state index is 13.0. The summed E-state index contributed by atoms with van der Waals surface area (Å²) in [5.74, 6) is 0.511. The molecule has 2 aliphatic rings. The Labute approximate surface area is 174 Å². The van der Waals surface area contributed by atoms with Gasteiger partial charge in [0.1, 0.15) is 0 Å². The smallest absolute Gasteiger partial charge is 0.270 e. The second-order valence-electron chi connectivity index (χ2n) is 7.27. The number of urea groups is 1. The molecule has 8 heteroatoms. The molecule has 0 aliphatic carbocycles. The Hall–Kier alpha value is -3.81. The number of imide groups is 1. The molecule has 30 heavy (non-hydrogen) atoms. The minimum Gasteiger partial charge on any atom is -0.270 e. The summed E-state index contributed by atoms with van der Waals surface area (Å²) in [5, 5.41) is 4.29. The summed E-state index contributed by atoms with van der Waals surface area (Å²) in [6.07, 6.45) is 1.68. The summed E-state index contributed by atoms with van der Waals surface area (Å²) in [6.45, 7) is 2.48. The monoisotopic (exact) mass is 403 g/mol. The van der Waals surface area contributed by atoms with E-state index >= 15 is 0 Å². The van der Waals surface area contributed by atoms with Crippen LogP contribution in [0.4, 0.5) is 4.79 Å². The van der Waals surface area contributed by atoms with Gasteiger partial charge in [0.25, 0.3) is 5.91 Å². The van der Waals surface area contributed by atoms with Crippen LogP contribution < -0.4 is 5.43 Å². The van der Waals surface area contributed by atoms with Crippen molar-refractivity contribution in [1.29, 1.82) is 0 Å². The van der Waals surface area contributed by atoms with E-state index in [-0.39, 0.29) is 5.91 Å². The highest BCUT2D eigenvalue weighted by Gasteiger charge is 2.51. The number of nitrogens with one attached hydrogen (secondary N) is 1. The van der Waals surface area contributed by atoms with E-state index in [0.29, 0.717) is 18.3 Å². The van der Waals surface area contributed by atoms with Gasteiger partial charge in [0, 0.05) is 14.1 Å². The normalized spacial score (nSPS) is 18.9. The van der Waals surface area contributed by atoms with E-state index in [4.69, 9.17) is 0 Å². The first-order valence-corrected chi connectivity index (χ1v) is 9.63. The molecule has 2 heterocycles. The third-order valence-corrected chi connectivity index (χ3v) is 5.31. The molecule has 2 aliphatic heterocycles. The summed E-state index contributed by atoms with van der Waals surface area (Å²) >= 11 is 0. The van der Waals surface area contributed by atoms with E-state index < -0.39 is 12.1 Å². The van der Waals surface area contributed by atoms with Crippen LogP contribution in [0.3, 0.4) is 0 Å². The molecule has 4 rings (SSSR count). The topological polar surface area (TPSA) is 80.4 Å². The third kappa shape index (κ3) is 3.47. The Morgan fingerprint density at radius 1 is 1.07 bits per heavy atom. The Kier molecular flexibility index (Phi) is 5.14. The SMILES string of the molecule is Cc1ccccc1C[N+]1=C(N/N=C/c2ccccc2)N=C2C1C(=O)N(C)C(=O)N2C. The molecule has 1 atom stereocenters. The lowest BCUT2D eigenvalue weighted by Gasteiger charge is -2.31. The first kappa shape index (κ1) is 19.5. The molecule has 0 radical (unpaired) electrons. The predicted molar refractivity (Wildman–Crippen MR) is 114 cm³/mol. The summed E-state index contributed by atoms with van der Waals surface area (Å²) in [7, 11) is 3.11. The second kappa shape index (κ2) is 7.90. The van der Waals surface area contributed by atoms with E-state index in [0.717, 1.165) is 21.6 Å². The number of hydrogen-bond donors (Lipinski definition) is 1. The molecule has 1 unspecified atom stereocenters. The van der Waals surface area contributed by atoms with Crippen molar-refractivity contribution in [2.24, 2.45) is 10.1 Å². The molecule has 2 aromatic carbocycles. The van der Waals surface area contributed by atoms with Crippen molar-refractivity contribution in [1.82, 2.24) is 15.2 Å². The van der Waals surface area contributed by atoms with Gasteiger partial charge in [-0.3, -0.25) is 14.6 Å². The number of guanidine groups is 1.